The topological polar surface area (TPSA) is 97.8 Å². The molecule has 150 valence electrons. The lowest BCUT2D eigenvalue weighted by Crippen LogP contribution is -2.41. The number of nitrogens with one attached hydrogen (secondary N) is 1. The highest BCUT2D eigenvalue weighted by Crippen LogP contribution is 2.27. The van der Waals surface area contributed by atoms with E-state index in [0.717, 1.165) is 11.1 Å². The van der Waals surface area contributed by atoms with Crippen molar-refractivity contribution in [3.63, 3.8) is 0 Å². The van der Waals surface area contributed by atoms with Gasteiger partial charge in [0.2, 0.25) is 0 Å². The van der Waals surface area contributed by atoms with Crippen LogP contribution in [0.1, 0.15) is 48.3 Å². The fourth-order valence-electron chi connectivity index (χ4n) is 2.83. The zero-order valence-corrected chi connectivity index (χ0v) is 16.7. The van der Waals surface area contributed by atoms with Gasteiger partial charge in [-0.15, -0.1) is 0 Å². The number of aromatic nitrogens is 1. The molecule has 3 atom stereocenters. The Labute approximate surface area is 164 Å². The molecule has 0 aliphatic heterocycles. The molecule has 1 amide bonds. The first-order chi connectivity index (χ1) is 13.3. The fraction of sp³-hybridized carbons (Fsp3) is 0.381. The van der Waals surface area contributed by atoms with Crippen molar-refractivity contribution in [3.8, 4) is 11.5 Å². The molecular weight excluding hydrogens is 360 g/mol. The largest absolute Gasteiger partial charge is 0.503 e. The van der Waals surface area contributed by atoms with E-state index in [1.807, 2.05) is 45.0 Å². The summed E-state index contributed by atoms with van der Waals surface area (Å²) in [7, 11) is 1.37. The van der Waals surface area contributed by atoms with E-state index in [1.165, 1.54) is 26.3 Å². The lowest BCUT2D eigenvalue weighted by Gasteiger charge is -2.24. The van der Waals surface area contributed by atoms with Crippen molar-refractivity contribution in [2.24, 2.45) is 0 Å². The molecule has 0 unspecified atom stereocenters. The fourth-order valence-corrected chi connectivity index (χ4v) is 2.83. The van der Waals surface area contributed by atoms with Gasteiger partial charge < -0.3 is 19.9 Å². The molecule has 0 fully saturated rings. The van der Waals surface area contributed by atoms with Crippen LogP contribution in [0.3, 0.4) is 0 Å². The standard InChI is InChI=1S/C21H26N2O5/c1-12-8-6-7-9-16(12)13(2)15(4)28-21(26)14(3)23-20(25)18-19(24)17(27-5)10-11-22-18/h6-11,13-15,24H,1-5H3,(H,23,25)/t13-,14+,15-/m0/s1. The van der Waals surface area contributed by atoms with E-state index in [0.29, 0.717) is 0 Å². The van der Waals surface area contributed by atoms with Crippen LogP contribution in [0.25, 0.3) is 0 Å². The molecule has 7 nitrogen and oxygen atoms in total. The van der Waals surface area contributed by atoms with E-state index in [1.54, 1.807) is 0 Å². The molecule has 2 N–H and O–H groups in total. The van der Waals surface area contributed by atoms with Crippen LogP contribution >= 0.6 is 0 Å². The molecule has 2 rings (SSSR count). The number of esters is 1. The average Bonchev–Trinajstić information content (AvgIpc) is 2.67. The van der Waals surface area contributed by atoms with Crippen LogP contribution in [0.4, 0.5) is 0 Å². The molecule has 0 spiro atoms. The van der Waals surface area contributed by atoms with Gasteiger partial charge in [0.25, 0.3) is 5.91 Å². The Bertz CT molecular complexity index is 852. The third kappa shape index (κ3) is 4.79. The lowest BCUT2D eigenvalue weighted by molar-refractivity contribution is -0.151. The summed E-state index contributed by atoms with van der Waals surface area (Å²) < 4.78 is 10.5. The monoisotopic (exact) mass is 386 g/mol. The second kappa shape index (κ2) is 9.21. The van der Waals surface area contributed by atoms with Gasteiger partial charge in [-0.1, -0.05) is 31.2 Å². The molecular formula is C21H26N2O5. The van der Waals surface area contributed by atoms with Crippen LogP contribution in [0.15, 0.2) is 36.5 Å². The summed E-state index contributed by atoms with van der Waals surface area (Å²) in [6, 6.07) is 8.44. The van der Waals surface area contributed by atoms with Crippen molar-refractivity contribution in [2.45, 2.75) is 45.8 Å². The maximum Gasteiger partial charge on any atom is 0.328 e. The minimum absolute atomic E-state index is 0.00264. The number of carbonyl (C=O) groups is 2. The molecule has 1 aromatic carbocycles. The van der Waals surface area contributed by atoms with E-state index < -0.39 is 17.9 Å². The highest BCUT2D eigenvalue weighted by Gasteiger charge is 2.26. The number of nitrogens with zero attached hydrogens (tertiary/aromatic N) is 1. The third-order valence-electron chi connectivity index (χ3n) is 4.71. The van der Waals surface area contributed by atoms with E-state index in [4.69, 9.17) is 9.47 Å². The van der Waals surface area contributed by atoms with E-state index in [9.17, 15) is 14.7 Å². The predicted molar refractivity (Wildman–Crippen MR) is 105 cm³/mol. The first-order valence-corrected chi connectivity index (χ1v) is 9.05. The van der Waals surface area contributed by atoms with Crippen molar-refractivity contribution in [1.29, 1.82) is 0 Å². The molecule has 1 heterocycles. The maximum absolute atomic E-state index is 12.4. The molecule has 0 aliphatic rings. The minimum Gasteiger partial charge on any atom is -0.503 e. The number of hydrogen-bond acceptors (Lipinski definition) is 6. The van der Waals surface area contributed by atoms with E-state index in [-0.39, 0.29) is 29.2 Å². The zero-order chi connectivity index (χ0) is 20.8. The summed E-state index contributed by atoms with van der Waals surface area (Å²) in [6.45, 7) is 7.33. The summed E-state index contributed by atoms with van der Waals surface area (Å²) >= 11 is 0. The van der Waals surface area contributed by atoms with Gasteiger partial charge in [-0.25, -0.2) is 9.78 Å². The van der Waals surface area contributed by atoms with Crippen molar-refractivity contribution >= 4 is 11.9 Å². The highest BCUT2D eigenvalue weighted by molar-refractivity contribution is 5.97. The third-order valence-corrected chi connectivity index (χ3v) is 4.71. The van der Waals surface area contributed by atoms with Gasteiger partial charge in [0.05, 0.1) is 7.11 Å². The number of methoxy groups -OCH3 is 1. The Balaban J connectivity index is 2.01. The molecule has 28 heavy (non-hydrogen) atoms. The van der Waals surface area contributed by atoms with Crippen molar-refractivity contribution in [2.75, 3.05) is 7.11 Å². The van der Waals surface area contributed by atoms with Gasteiger partial charge in [-0.2, -0.15) is 0 Å². The first-order valence-electron chi connectivity index (χ1n) is 9.05. The molecule has 0 bridgehead atoms. The molecule has 1 aromatic heterocycles. The molecule has 7 heteroatoms. The van der Waals surface area contributed by atoms with Crippen LogP contribution in [0, 0.1) is 6.92 Å². The Morgan fingerprint density at radius 1 is 1.14 bits per heavy atom. The van der Waals surface area contributed by atoms with Crippen LogP contribution in [0.5, 0.6) is 11.5 Å². The zero-order valence-electron chi connectivity index (χ0n) is 16.7. The van der Waals surface area contributed by atoms with Crippen LogP contribution in [-0.4, -0.2) is 41.2 Å². The predicted octanol–water partition coefficient (Wildman–Crippen LogP) is 2.96. The maximum atomic E-state index is 12.4. The van der Waals surface area contributed by atoms with Gasteiger partial charge in [-0.3, -0.25) is 4.79 Å². The molecule has 0 aliphatic carbocycles. The number of amides is 1. The SMILES string of the molecule is COc1ccnc(C(=O)N[C@H](C)C(=O)O[C@@H](C)[C@H](C)c2ccccc2C)c1O. The summed E-state index contributed by atoms with van der Waals surface area (Å²) in [5.41, 5.74) is 2.00. The lowest BCUT2D eigenvalue weighted by atomic mass is 9.92. The average molecular weight is 386 g/mol. The van der Waals surface area contributed by atoms with Crippen LogP contribution in [0.2, 0.25) is 0 Å². The Hall–Kier alpha value is -3.09. The second-order valence-corrected chi connectivity index (χ2v) is 6.69. The van der Waals surface area contributed by atoms with E-state index >= 15 is 0 Å². The molecule has 0 saturated carbocycles. The number of carbonyl (C=O) groups excluding carboxylic acids is 2. The summed E-state index contributed by atoms with van der Waals surface area (Å²) in [4.78, 5) is 28.6. The van der Waals surface area contributed by atoms with Gasteiger partial charge >= 0.3 is 5.97 Å². The molecule has 2 aromatic rings. The number of rotatable bonds is 7. The number of hydrogen-bond donors (Lipinski definition) is 2. The Morgan fingerprint density at radius 3 is 2.46 bits per heavy atom. The number of pyridine rings is 1. The van der Waals surface area contributed by atoms with Crippen molar-refractivity contribution in [1.82, 2.24) is 10.3 Å². The highest BCUT2D eigenvalue weighted by atomic mass is 16.5. The Kier molecular flexibility index (Phi) is 6.98. The molecule has 0 saturated heterocycles. The summed E-state index contributed by atoms with van der Waals surface area (Å²) in [6.07, 6.45) is 0.957. The molecule has 0 radical (unpaired) electrons. The van der Waals surface area contributed by atoms with Gasteiger partial charge in [-0.05, 0) is 31.9 Å². The smallest absolute Gasteiger partial charge is 0.328 e. The van der Waals surface area contributed by atoms with Gasteiger partial charge in [0.1, 0.15) is 12.1 Å². The van der Waals surface area contributed by atoms with Crippen molar-refractivity contribution < 1.29 is 24.2 Å². The number of benzene rings is 1. The number of aromatic hydroxyl groups is 1. The minimum atomic E-state index is -0.911. The van der Waals surface area contributed by atoms with Crippen molar-refractivity contribution in [3.05, 3.63) is 53.3 Å². The van der Waals surface area contributed by atoms with Gasteiger partial charge in [0, 0.05) is 18.2 Å². The van der Waals surface area contributed by atoms with Crippen LogP contribution < -0.4 is 10.1 Å². The van der Waals surface area contributed by atoms with Gasteiger partial charge in [0.15, 0.2) is 17.2 Å². The second-order valence-electron chi connectivity index (χ2n) is 6.69. The van der Waals surface area contributed by atoms with Crippen LogP contribution in [-0.2, 0) is 9.53 Å². The summed E-state index contributed by atoms with van der Waals surface area (Å²) in [5.74, 6) is -1.53. The number of ether oxygens (including phenoxy) is 2. The Morgan fingerprint density at radius 2 is 1.82 bits per heavy atom. The van der Waals surface area contributed by atoms with E-state index in [2.05, 4.69) is 10.3 Å². The first kappa shape index (κ1) is 21.2. The summed E-state index contributed by atoms with van der Waals surface area (Å²) in [5, 5.41) is 12.5. The normalized spacial score (nSPS) is 13.9. The number of aryl methyl sites for hydroxylation is 1. The quantitative estimate of drug-likeness (QED) is 0.710.